The number of nitriles is 1. The van der Waals surface area contributed by atoms with Crippen LogP contribution in [0.5, 0.6) is 0 Å². The highest BCUT2D eigenvalue weighted by atomic mass is 15.3. The fourth-order valence-electron chi connectivity index (χ4n) is 4.04. The molecule has 2 heterocycles. The first-order valence-corrected chi connectivity index (χ1v) is 10.8. The van der Waals surface area contributed by atoms with E-state index in [-0.39, 0.29) is 0 Å². The van der Waals surface area contributed by atoms with Crippen LogP contribution in [0, 0.1) is 11.3 Å². The van der Waals surface area contributed by atoms with Gasteiger partial charge in [-0.3, -0.25) is 4.90 Å². The number of likely N-dealkylation sites (N-methyl/N-ethyl adjacent to an activating group) is 1. The van der Waals surface area contributed by atoms with E-state index in [1.165, 1.54) is 19.3 Å². The van der Waals surface area contributed by atoms with Crippen LogP contribution in [0.1, 0.15) is 50.3 Å². The van der Waals surface area contributed by atoms with E-state index in [9.17, 15) is 0 Å². The monoisotopic (exact) mass is 390 g/mol. The maximum atomic E-state index is 9.15. The van der Waals surface area contributed by atoms with Gasteiger partial charge in [0, 0.05) is 42.6 Å². The van der Waals surface area contributed by atoms with Crippen LogP contribution in [0.4, 0.5) is 17.5 Å². The van der Waals surface area contributed by atoms with E-state index < -0.39 is 0 Å². The fourth-order valence-corrected chi connectivity index (χ4v) is 4.04. The molecule has 0 amide bonds. The SMILES string of the molecule is CCCCc1cc(N2CCC(N(C)C3CC3)C2)nc(Nc2cccc(C#N)c2)n1. The Morgan fingerprint density at radius 2 is 2.07 bits per heavy atom. The molecule has 0 bridgehead atoms. The second-order valence-electron chi connectivity index (χ2n) is 8.25. The van der Waals surface area contributed by atoms with Crippen molar-refractivity contribution in [3.63, 3.8) is 0 Å². The second kappa shape index (κ2) is 8.79. The number of aromatic nitrogens is 2. The molecule has 1 unspecified atom stereocenters. The topological polar surface area (TPSA) is 68.1 Å². The van der Waals surface area contributed by atoms with Gasteiger partial charge in [-0.25, -0.2) is 4.98 Å². The highest BCUT2D eigenvalue weighted by Gasteiger charge is 2.35. The van der Waals surface area contributed by atoms with Gasteiger partial charge in [0.1, 0.15) is 5.82 Å². The van der Waals surface area contributed by atoms with Gasteiger partial charge in [-0.2, -0.15) is 10.2 Å². The molecule has 1 aliphatic carbocycles. The van der Waals surface area contributed by atoms with E-state index >= 15 is 0 Å². The average molecular weight is 391 g/mol. The van der Waals surface area contributed by atoms with Gasteiger partial charge in [0.25, 0.3) is 0 Å². The van der Waals surface area contributed by atoms with Gasteiger partial charge in [-0.1, -0.05) is 19.4 Å². The summed E-state index contributed by atoms with van der Waals surface area (Å²) in [5.41, 5.74) is 2.55. The first kappa shape index (κ1) is 19.7. The minimum absolute atomic E-state index is 0.611. The molecular formula is C23H30N6. The molecule has 1 aliphatic heterocycles. The molecule has 2 aliphatic rings. The molecule has 6 heteroatoms. The molecule has 1 atom stereocenters. The minimum Gasteiger partial charge on any atom is -0.355 e. The molecule has 2 aromatic rings. The van der Waals surface area contributed by atoms with Gasteiger partial charge >= 0.3 is 0 Å². The highest BCUT2D eigenvalue weighted by Crippen LogP contribution is 2.31. The van der Waals surface area contributed by atoms with Crippen LogP contribution in [-0.2, 0) is 6.42 Å². The zero-order chi connectivity index (χ0) is 20.2. The summed E-state index contributed by atoms with van der Waals surface area (Å²) in [4.78, 5) is 14.5. The van der Waals surface area contributed by atoms with Gasteiger partial charge in [-0.05, 0) is 57.4 Å². The third kappa shape index (κ3) is 4.86. The van der Waals surface area contributed by atoms with Gasteiger partial charge in [0.15, 0.2) is 0 Å². The van der Waals surface area contributed by atoms with Crippen molar-refractivity contribution in [2.24, 2.45) is 0 Å². The molecule has 152 valence electrons. The molecule has 0 spiro atoms. The van der Waals surface area contributed by atoms with Crippen molar-refractivity contribution < 1.29 is 0 Å². The van der Waals surface area contributed by atoms with Crippen LogP contribution in [0.15, 0.2) is 30.3 Å². The predicted octanol–water partition coefficient (Wildman–Crippen LogP) is 4.11. The Hall–Kier alpha value is -2.65. The summed E-state index contributed by atoms with van der Waals surface area (Å²) in [6.07, 6.45) is 7.10. The summed E-state index contributed by atoms with van der Waals surface area (Å²) in [6, 6.07) is 13.2. The molecule has 2 fully saturated rings. The molecule has 1 saturated carbocycles. The van der Waals surface area contributed by atoms with Crippen LogP contribution in [0.3, 0.4) is 0 Å². The molecule has 1 aromatic carbocycles. The predicted molar refractivity (Wildman–Crippen MR) is 116 cm³/mol. The number of unbranched alkanes of at least 4 members (excludes halogenated alkanes) is 1. The average Bonchev–Trinajstić information content (AvgIpc) is 3.47. The van der Waals surface area contributed by atoms with Gasteiger partial charge in [0.05, 0.1) is 11.6 Å². The molecule has 29 heavy (non-hydrogen) atoms. The lowest BCUT2D eigenvalue weighted by molar-refractivity contribution is 0.249. The zero-order valence-corrected chi connectivity index (χ0v) is 17.4. The number of nitrogens with zero attached hydrogens (tertiary/aromatic N) is 5. The van der Waals surface area contributed by atoms with Gasteiger partial charge < -0.3 is 10.2 Å². The number of anilines is 3. The van der Waals surface area contributed by atoms with E-state index in [2.05, 4.69) is 41.2 Å². The Bertz CT molecular complexity index is 885. The summed E-state index contributed by atoms with van der Waals surface area (Å²) >= 11 is 0. The number of rotatable bonds is 8. The van der Waals surface area contributed by atoms with Crippen molar-refractivity contribution in [2.75, 3.05) is 30.4 Å². The number of hydrogen-bond acceptors (Lipinski definition) is 6. The largest absolute Gasteiger partial charge is 0.355 e. The van der Waals surface area contributed by atoms with E-state index in [1.54, 1.807) is 6.07 Å². The molecule has 0 radical (unpaired) electrons. The summed E-state index contributed by atoms with van der Waals surface area (Å²) in [5.74, 6) is 1.62. The van der Waals surface area contributed by atoms with Crippen LogP contribution < -0.4 is 10.2 Å². The molecular weight excluding hydrogens is 360 g/mol. The van der Waals surface area contributed by atoms with Crippen molar-refractivity contribution in [1.82, 2.24) is 14.9 Å². The minimum atomic E-state index is 0.611. The number of nitrogens with one attached hydrogen (secondary N) is 1. The van der Waals surface area contributed by atoms with Crippen LogP contribution >= 0.6 is 0 Å². The van der Waals surface area contributed by atoms with E-state index in [1.807, 2.05) is 18.2 Å². The lowest BCUT2D eigenvalue weighted by atomic mass is 10.2. The lowest BCUT2D eigenvalue weighted by Gasteiger charge is -2.25. The second-order valence-corrected chi connectivity index (χ2v) is 8.25. The normalized spacial score (nSPS) is 18.8. The van der Waals surface area contributed by atoms with Crippen LogP contribution in [-0.4, -0.2) is 47.1 Å². The summed E-state index contributed by atoms with van der Waals surface area (Å²) in [7, 11) is 2.27. The first-order valence-electron chi connectivity index (χ1n) is 10.8. The Morgan fingerprint density at radius 3 is 2.83 bits per heavy atom. The van der Waals surface area contributed by atoms with Crippen LogP contribution in [0.25, 0.3) is 0 Å². The molecule has 1 N–H and O–H groups in total. The van der Waals surface area contributed by atoms with E-state index in [0.29, 0.717) is 17.6 Å². The molecule has 1 saturated heterocycles. The number of aryl methyl sites for hydroxylation is 1. The van der Waals surface area contributed by atoms with E-state index in [4.69, 9.17) is 15.2 Å². The molecule has 6 nitrogen and oxygen atoms in total. The Kier molecular flexibility index (Phi) is 5.96. The number of benzene rings is 1. The fraction of sp³-hybridized carbons (Fsp3) is 0.522. The standard InChI is InChI=1S/C23H30N6/c1-3-4-7-19-14-22(29-12-11-21(16-29)28(2)20-9-10-20)27-23(26-19)25-18-8-5-6-17(13-18)15-24/h5-6,8,13-14,20-21H,3-4,7,9-12,16H2,1-2H3,(H,25,26,27). The smallest absolute Gasteiger partial charge is 0.229 e. The third-order valence-electron chi connectivity index (χ3n) is 5.99. The number of hydrogen-bond donors (Lipinski definition) is 1. The zero-order valence-electron chi connectivity index (χ0n) is 17.4. The van der Waals surface area contributed by atoms with E-state index in [0.717, 1.165) is 55.6 Å². The van der Waals surface area contributed by atoms with Crippen molar-refractivity contribution in [3.8, 4) is 6.07 Å². The Labute approximate surface area is 173 Å². The van der Waals surface area contributed by atoms with Crippen molar-refractivity contribution in [1.29, 1.82) is 5.26 Å². The van der Waals surface area contributed by atoms with Gasteiger partial charge in [0.2, 0.25) is 5.95 Å². The lowest BCUT2D eigenvalue weighted by Crippen LogP contribution is -2.36. The summed E-state index contributed by atoms with van der Waals surface area (Å²) in [5, 5.41) is 12.5. The van der Waals surface area contributed by atoms with Crippen molar-refractivity contribution >= 4 is 17.5 Å². The molecule has 1 aromatic heterocycles. The highest BCUT2D eigenvalue weighted by molar-refractivity contribution is 5.58. The Balaban J connectivity index is 1.54. The van der Waals surface area contributed by atoms with Crippen LogP contribution in [0.2, 0.25) is 0 Å². The first-order chi connectivity index (χ1) is 14.2. The Morgan fingerprint density at radius 1 is 1.21 bits per heavy atom. The van der Waals surface area contributed by atoms with Gasteiger partial charge in [-0.15, -0.1) is 0 Å². The molecule has 4 rings (SSSR count). The van der Waals surface area contributed by atoms with Crippen molar-refractivity contribution in [2.45, 2.75) is 57.5 Å². The third-order valence-corrected chi connectivity index (χ3v) is 5.99. The quantitative estimate of drug-likeness (QED) is 0.732. The summed E-state index contributed by atoms with van der Waals surface area (Å²) in [6.45, 7) is 4.27. The summed E-state index contributed by atoms with van der Waals surface area (Å²) < 4.78 is 0. The maximum Gasteiger partial charge on any atom is 0.229 e. The maximum absolute atomic E-state index is 9.15. The van der Waals surface area contributed by atoms with Crippen molar-refractivity contribution in [3.05, 3.63) is 41.6 Å².